The van der Waals surface area contributed by atoms with Crippen molar-refractivity contribution in [3.8, 4) is 0 Å². The van der Waals surface area contributed by atoms with E-state index >= 15 is 0 Å². The number of nitrogens with zero attached hydrogens (tertiary/aromatic N) is 2. The van der Waals surface area contributed by atoms with Gasteiger partial charge in [0, 0.05) is 33.2 Å². The third-order valence-electron chi connectivity index (χ3n) is 3.69. The van der Waals surface area contributed by atoms with Crippen molar-refractivity contribution in [2.75, 3.05) is 40.3 Å². The second kappa shape index (κ2) is 6.55. The fraction of sp³-hybridized carbons (Fsp3) is 0.500. The molecule has 0 unspecified atom stereocenters. The Morgan fingerprint density at radius 2 is 1.86 bits per heavy atom. The number of likely N-dealkylation sites (N-methyl/N-ethyl adjacent to an activating group) is 1. The molecular weight excluding hydrogens is 290 g/mol. The maximum Gasteiger partial charge on any atom is 0.243 e. The van der Waals surface area contributed by atoms with Crippen LogP contribution in [0.3, 0.4) is 0 Å². The summed E-state index contributed by atoms with van der Waals surface area (Å²) in [6.45, 7) is 1.77. The Bertz CT molecular complexity index is 589. The predicted octanol–water partition coefficient (Wildman–Crippen LogP) is -0.0151. The van der Waals surface area contributed by atoms with Gasteiger partial charge in [-0.2, -0.15) is 4.31 Å². The van der Waals surface area contributed by atoms with Crippen molar-refractivity contribution in [1.29, 1.82) is 0 Å². The Balaban J connectivity index is 2.27. The Kier molecular flexibility index (Phi) is 4.97. The predicted molar refractivity (Wildman–Crippen MR) is 80.3 cm³/mol. The SMILES string of the molecule is CNC(=O)[C@@H]1CN(C)CCN(S(=O)(=O)c2ccccc2)C1. The van der Waals surface area contributed by atoms with Crippen LogP contribution in [-0.4, -0.2) is 63.8 Å². The Morgan fingerprint density at radius 1 is 1.19 bits per heavy atom. The van der Waals surface area contributed by atoms with E-state index in [2.05, 4.69) is 5.32 Å². The maximum absolute atomic E-state index is 12.7. The number of carbonyl (C=O) groups excluding carboxylic acids is 1. The van der Waals surface area contributed by atoms with Crippen molar-refractivity contribution in [3.63, 3.8) is 0 Å². The zero-order chi connectivity index (χ0) is 15.5. The van der Waals surface area contributed by atoms with Crippen LogP contribution in [0.4, 0.5) is 0 Å². The quantitative estimate of drug-likeness (QED) is 0.852. The molecule has 0 bridgehead atoms. The zero-order valence-electron chi connectivity index (χ0n) is 12.3. The second-order valence-electron chi connectivity index (χ2n) is 5.25. The summed E-state index contributed by atoms with van der Waals surface area (Å²) >= 11 is 0. The number of amides is 1. The van der Waals surface area contributed by atoms with Gasteiger partial charge in [0.1, 0.15) is 0 Å². The van der Waals surface area contributed by atoms with Gasteiger partial charge in [-0.3, -0.25) is 4.79 Å². The molecule has 1 atom stereocenters. The fourth-order valence-corrected chi connectivity index (χ4v) is 3.97. The van der Waals surface area contributed by atoms with Crippen molar-refractivity contribution >= 4 is 15.9 Å². The minimum Gasteiger partial charge on any atom is -0.359 e. The minimum atomic E-state index is -3.56. The van der Waals surface area contributed by atoms with Crippen molar-refractivity contribution in [3.05, 3.63) is 30.3 Å². The average Bonchev–Trinajstić information content (AvgIpc) is 2.69. The highest BCUT2D eigenvalue weighted by Crippen LogP contribution is 2.19. The third-order valence-corrected chi connectivity index (χ3v) is 5.56. The fourth-order valence-electron chi connectivity index (χ4n) is 2.47. The first kappa shape index (κ1) is 15.9. The molecular formula is C14H21N3O3S. The van der Waals surface area contributed by atoms with E-state index in [9.17, 15) is 13.2 Å². The average molecular weight is 311 g/mol. The van der Waals surface area contributed by atoms with Gasteiger partial charge in [0.2, 0.25) is 15.9 Å². The van der Waals surface area contributed by atoms with Gasteiger partial charge in [0.05, 0.1) is 10.8 Å². The van der Waals surface area contributed by atoms with E-state index < -0.39 is 10.0 Å². The molecule has 1 aliphatic heterocycles. The van der Waals surface area contributed by atoms with Crippen molar-refractivity contribution < 1.29 is 13.2 Å². The summed E-state index contributed by atoms with van der Waals surface area (Å²) in [4.78, 5) is 14.2. The molecule has 21 heavy (non-hydrogen) atoms. The monoisotopic (exact) mass is 311 g/mol. The molecule has 1 aliphatic rings. The largest absolute Gasteiger partial charge is 0.359 e. The lowest BCUT2D eigenvalue weighted by atomic mass is 10.1. The first-order chi connectivity index (χ1) is 9.95. The van der Waals surface area contributed by atoms with Gasteiger partial charge < -0.3 is 10.2 Å². The normalized spacial score (nSPS) is 21.7. The number of rotatable bonds is 3. The van der Waals surface area contributed by atoms with Crippen LogP contribution in [-0.2, 0) is 14.8 Å². The van der Waals surface area contributed by atoms with E-state index in [1.54, 1.807) is 37.4 Å². The molecule has 1 amide bonds. The smallest absolute Gasteiger partial charge is 0.243 e. The topological polar surface area (TPSA) is 69.7 Å². The van der Waals surface area contributed by atoms with Crippen LogP contribution in [0.25, 0.3) is 0 Å². The maximum atomic E-state index is 12.7. The van der Waals surface area contributed by atoms with Crippen LogP contribution in [0.15, 0.2) is 35.2 Å². The molecule has 1 fully saturated rings. The first-order valence-electron chi connectivity index (χ1n) is 6.90. The number of hydrogen-bond acceptors (Lipinski definition) is 4. The third kappa shape index (κ3) is 3.61. The molecule has 6 nitrogen and oxygen atoms in total. The van der Waals surface area contributed by atoms with Crippen molar-refractivity contribution in [2.24, 2.45) is 5.92 Å². The van der Waals surface area contributed by atoms with Crippen molar-refractivity contribution in [1.82, 2.24) is 14.5 Å². The van der Waals surface area contributed by atoms with Crippen LogP contribution in [0.1, 0.15) is 0 Å². The van der Waals surface area contributed by atoms with E-state index in [4.69, 9.17) is 0 Å². The Morgan fingerprint density at radius 3 is 2.48 bits per heavy atom. The molecule has 0 radical (unpaired) electrons. The number of sulfonamides is 1. The summed E-state index contributed by atoms with van der Waals surface area (Å²) in [5.74, 6) is -0.488. The van der Waals surface area contributed by atoms with E-state index in [0.29, 0.717) is 19.6 Å². The summed E-state index contributed by atoms with van der Waals surface area (Å²) < 4.78 is 26.8. The highest BCUT2D eigenvalue weighted by Gasteiger charge is 2.32. The summed E-state index contributed by atoms with van der Waals surface area (Å²) in [5.41, 5.74) is 0. The molecule has 1 N–H and O–H groups in total. The summed E-state index contributed by atoms with van der Waals surface area (Å²) in [6.07, 6.45) is 0. The zero-order valence-corrected chi connectivity index (χ0v) is 13.1. The van der Waals surface area contributed by atoms with E-state index in [0.717, 1.165) is 0 Å². The van der Waals surface area contributed by atoms with Gasteiger partial charge in [0.15, 0.2) is 0 Å². The standard InChI is InChI=1S/C14H21N3O3S/c1-15-14(18)12-10-16(2)8-9-17(11-12)21(19,20)13-6-4-3-5-7-13/h3-7,12H,8-11H2,1-2H3,(H,15,18)/t12-/m1/s1. The van der Waals surface area contributed by atoms with Gasteiger partial charge in [-0.15, -0.1) is 0 Å². The molecule has 1 aromatic carbocycles. The highest BCUT2D eigenvalue weighted by atomic mass is 32.2. The molecule has 1 saturated heterocycles. The molecule has 0 aliphatic carbocycles. The van der Waals surface area contributed by atoms with Gasteiger partial charge in [-0.05, 0) is 19.2 Å². The van der Waals surface area contributed by atoms with Gasteiger partial charge in [-0.25, -0.2) is 8.42 Å². The van der Waals surface area contributed by atoms with Crippen LogP contribution < -0.4 is 5.32 Å². The van der Waals surface area contributed by atoms with Crippen LogP contribution in [0.5, 0.6) is 0 Å². The van der Waals surface area contributed by atoms with E-state index in [1.807, 2.05) is 11.9 Å². The van der Waals surface area contributed by atoms with Crippen LogP contribution in [0, 0.1) is 5.92 Å². The van der Waals surface area contributed by atoms with Gasteiger partial charge in [-0.1, -0.05) is 18.2 Å². The molecule has 2 rings (SSSR count). The summed E-state index contributed by atoms with van der Waals surface area (Å²) in [7, 11) is -0.0867. The number of benzene rings is 1. The van der Waals surface area contributed by atoms with Crippen molar-refractivity contribution in [2.45, 2.75) is 4.90 Å². The molecule has 116 valence electrons. The van der Waals surface area contributed by atoms with Crippen LogP contribution in [0.2, 0.25) is 0 Å². The number of hydrogen-bond donors (Lipinski definition) is 1. The Labute approximate surface area is 125 Å². The lowest BCUT2D eigenvalue weighted by Crippen LogP contribution is -2.41. The van der Waals surface area contributed by atoms with Crippen LogP contribution >= 0.6 is 0 Å². The molecule has 0 saturated carbocycles. The molecule has 1 heterocycles. The second-order valence-corrected chi connectivity index (χ2v) is 7.19. The Hall–Kier alpha value is -1.44. The first-order valence-corrected chi connectivity index (χ1v) is 8.34. The van der Waals surface area contributed by atoms with E-state index in [1.165, 1.54) is 4.31 Å². The van der Waals surface area contributed by atoms with Gasteiger partial charge >= 0.3 is 0 Å². The van der Waals surface area contributed by atoms with Gasteiger partial charge in [0.25, 0.3) is 0 Å². The molecule has 7 heteroatoms. The number of carbonyl (C=O) groups is 1. The number of nitrogens with one attached hydrogen (secondary N) is 1. The molecule has 1 aromatic rings. The highest BCUT2D eigenvalue weighted by molar-refractivity contribution is 7.89. The summed E-state index contributed by atoms with van der Waals surface area (Å²) in [5, 5.41) is 2.61. The minimum absolute atomic E-state index is 0.128. The lowest BCUT2D eigenvalue weighted by Gasteiger charge is -2.22. The molecule has 0 aromatic heterocycles. The van der Waals surface area contributed by atoms with E-state index in [-0.39, 0.29) is 23.3 Å². The molecule has 0 spiro atoms. The summed E-state index contributed by atoms with van der Waals surface area (Å²) in [6, 6.07) is 8.35. The lowest BCUT2D eigenvalue weighted by molar-refractivity contribution is -0.124.